The monoisotopic (exact) mass is 336 g/mol. The maximum Gasteiger partial charge on any atom is 0.273 e. The zero-order valence-corrected chi connectivity index (χ0v) is 14.3. The summed E-state index contributed by atoms with van der Waals surface area (Å²) >= 11 is 1.71. The summed E-state index contributed by atoms with van der Waals surface area (Å²) in [5, 5.41) is 3.14. The number of pyridine rings is 1. The van der Waals surface area contributed by atoms with E-state index in [2.05, 4.69) is 16.4 Å². The predicted molar refractivity (Wildman–Crippen MR) is 98.2 cm³/mol. The van der Waals surface area contributed by atoms with E-state index < -0.39 is 0 Å². The first-order valence-corrected chi connectivity index (χ1v) is 9.38. The molecule has 24 heavy (non-hydrogen) atoms. The lowest BCUT2D eigenvalue weighted by molar-refractivity contribution is 0.0661. The van der Waals surface area contributed by atoms with Crippen LogP contribution in [0.4, 0.5) is 0 Å². The van der Waals surface area contributed by atoms with Crippen LogP contribution in [-0.4, -0.2) is 21.8 Å². The Morgan fingerprint density at radius 1 is 1.08 bits per heavy atom. The second-order valence-corrected chi connectivity index (χ2v) is 7.37. The number of hydrogen-bond donors (Lipinski definition) is 0. The number of hydrogen-bond acceptors (Lipinski definition) is 3. The normalized spacial score (nSPS) is 15.0. The highest BCUT2D eigenvalue weighted by Crippen LogP contribution is 2.27. The molecule has 4 rings (SSSR count). The van der Waals surface area contributed by atoms with Gasteiger partial charge < -0.3 is 4.90 Å². The van der Waals surface area contributed by atoms with Gasteiger partial charge >= 0.3 is 0 Å². The molecule has 0 bridgehead atoms. The zero-order chi connectivity index (χ0) is 16.4. The van der Waals surface area contributed by atoms with Crippen LogP contribution in [0.2, 0.25) is 0 Å². The molecule has 3 nitrogen and oxygen atoms in total. The van der Waals surface area contributed by atoms with Crippen molar-refractivity contribution in [2.24, 2.45) is 0 Å². The van der Waals surface area contributed by atoms with Crippen molar-refractivity contribution in [1.29, 1.82) is 0 Å². The van der Waals surface area contributed by atoms with Crippen LogP contribution in [0.3, 0.4) is 0 Å². The predicted octanol–water partition coefficient (Wildman–Crippen LogP) is 4.88. The first-order chi connectivity index (χ1) is 11.8. The lowest BCUT2D eigenvalue weighted by atomic mass is 10.1. The van der Waals surface area contributed by atoms with Crippen LogP contribution in [-0.2, 0) is 6.54 Å². The van der Waals surface area contributed by atoms with Gasteiger partial charge in [-0.05, 0) is 36.4 Å². The van der Waals surface area contributed by atoms with Crippen LogP contribution < -0.4 is 0 Å². The molecule has 0 saturated heterocycles. The molecule has 122 valence electrons. The smallest absolute Gasteiger partial charge is 0.273 e. The van der Waals surface area contributed by atoms with Gasteiger partial charge in [0, 0.05) is 16.3 Å². The van der Waals surface area contributed by atoms with Gasteiger partial charge in [0.1, 0.15) is 5.69 Å². The lowest BCUT2D eigenvalue weighted by Crippen LogP contribution is -2.38. The number of carbonyl (C=O) groups is 1. The molecule has 1 aromatic carbocycles. The second kappa shape index (κ2) is 6.73. The Hall–Kier alpha value is -2.20. The number of aromatic nitrogens is 1. The van der Waals surface area contributed by atoms with Gasteiger partial charge in [0.05, 0.1) is 12.1 Å². The van der Waals surface area contributed by atoms with Gasteiger partial charge in [-0.25, -0.2) is 4.98 Å². The highest BCUT2D eigenvalue weighted by Gasteiger charge is 2.28. The second-order valence-electron chi connectivity index (χ2n) is 6.34. The van der Waals surface area contributed by atoms with Gasteiger partial charge in [-0.2, -0.15) is 0 Å². The van der Waals surface area contributed by atoms with Gasteiger partial charge in [-0.3, -0.25) is 4.79 Å². The minimum Gasteiger partial charge on any atom is -0.329 e. The first kappa shape index (κ1) is 15.3. The fraction of sp³-hybridized carbons (Fsp3) is 0.300. The summed E-state index contributed by atoms with van der Waals surface area (Å²) in [5.74, 6) is 0.0565. The highest BCUT2D eigenvalue weighted by atomic mass is 32.1. The molecule has 4 heteroatoms. The summed E-state index contributed by atoms with van der Waals surface area (Å²) in [6, 6.07) is 16.3. The van der Waals surface area contributed by atoms with Crippen molar-refractivity contribution in [3.8, 4) is 0 Å². The summed E-state index contributed by atoms with van der Waals surface area (Å²) in [6.07, 6.45) is 4.63. The van der Waals surface area contributed by atoms with Crippen LogP contribution >= 0.6 is 11.3 Å². The molecule has 1 saturated carbocycles. The van der Waals surface area contributed by atoms with E-state index in [9.17, 15) is 4.79 Å². The van der Waals surface area contributed by atoms with E-state index in [0.29, 0.717) is 18.3 Å². The number of benzene rings is 1. The molecular weight excluding hydrogens is 316 g/mol. The Kier molecular flexibility index (Phi) is 4.30. The molecule has 1 fully saturated rings. The Bertz CT molecular complexity index is 838. The molecule has 2 aromatic heterocycles. The van der Waals surface area contributed by atoms with Crippen LogP contribution in [0.5, 0.6) is 0 Å². The summed E-state index contributed by atoms with van der Waals surface area (Å²) in [5.41, 5.74) is 1.43. The largest absolute Gasteiger partial charge is 0.329 e. The molecule has 0 radical (unpaired) electrons. The Labute approximate surface area is 146 Å². The topological polar surface area (TPSA) is 33.2 Å². The first-order valence-electron chi connectivity index (χ1n) is 8.50. The zero-order valence-electron chi connectivity index (χ0n) is 13.5. The lowest BCUT2D eigenvalue weighted by Gasteiger charge is -2.28. The van der Waals surface area contributed by atoms with Crippen molar-refractivity contribution < 1.29 is 4.79 Å². The van der Waals surface area contributed by atoms with E-state index in [1.165, 1.54) is 17.7 Å². The minimum atomic E-state index is 0.0565. The summed E-state index contributed by atoms with van der Waals surface area (Å²) in [6.45, 7) is 0.690. The van der Waals surface area contributed by atoms with Crippen molar-refractivity contribution >= 4 is 28.1 Å². The maximum atomic E-state index is 13.2. The van der Waals surface area contributed by atoms with Crippen molar-refractivity contribution in [3.63, 3.8) is 0 Å². The number of nitrogens with zero attached hydrogens (tertiary/aromatic N) is 2. The number of rotatable bonds is 4. The Morgan fingerprint density at radius 3 is 2.71 bits per heavy atom. The number of thiophene rings is 1. The van der Waals surface area contributed by atoms with E-state index in [4.69, 9.17) is 0 Å². The maximum absolute atomic E-state index is 13.2. The third-order valence-electron chi connectivity index (χ3n) is 4.75. The third kappa shape index (κ3) is 3.06. The van der Waals surface area contributed by atoms with Crippen molar-refractivity contribution in [2.75, 3.05) is 0 Å². The Morgan fingerprint density at radius 2 is 1.92 bits per heavy atom. The Balaban J connectivity index is 1.65. The standard InChI is InChI=1S/C20H20N2OS/c23-20(19-12-11-15-6-1-4-10-18(15)21-19)22(16-7-2-3-8-16)14-17-9-5-13-24-17/h1,4-6,9-13,16H,2-3,7-8,14H2. The van der Waals surface area contributed by atoms with E-state index >= 15 is 0 Å². The van der Waals surface area contributed by atoms with Crippen LogP contribution in [0.25, 0.3) is 10.9 Å². The molecule has 0 aliphatic heterocycles. The molecule has 0 spiro atoms. The van der Waals surface area contributed by atoms with Gasteiger partial charge in [0.25, 0.3) is 5.91 Å². The number of fused-ring (bicyclic) bond motifs is 1. The van der Waals surface area contributed by atoms with Crippen molar-refractivity contribution in [2.45, 2.75) is 38.3 Å². The average molecular weight is 336 g/mol. The van der Waals surface area contributed by atoms with E-state index in [0.717, 1.165) is 23.7 Å². The van der Waals surface area contributed by atoms with Gasteiger partial charge in [0.15, 0.2) is 0 Å². The SMILES string of the molecule is O=C(c1ccc2ccccc2n1)N(Cc1cccs1)C1CCCC1. The van der Waals surface area contributed by atoms with E-state index in [1.807, 2.05) is 47.4 Å². The molecule has 1 aliphatic carbocycles. The molecule has 2 heterocycles. The molecule has 1 aliphatic rings. The molecule has 0 N–H and O–H groups in total. The fourth-order valence-corrected chi connectivity index (χ4v) is 4.19. The van der Waals surface area contributed by atoms with Crippen molar-refractivity contribution in [1.82, 2.24) is 9.88 Å². The third-order valence-corrected chi connectivity index (χ3v) is 5.61. The van der Waals surface area contributed by atoms with Crippen LogP contribution in [0, 0.1) is 0 Å². The average Bonchev–Trinajstić information content (AvgIpc) is 3.32. The van der Waals surface area contributed by atoms with Crippen LogP contribution in [0.15, 0.2) is 53.9 Å². The summed E-state index contributed by atoms with van der Waals surface area (Å²) in [4.78, 5) is 21.0. The number of amides is 1. The molecule has 0 atom stereocenters. The molecule has 1 amide bonds. The van der Waals surface area contributed by atoms with E-state index in [-0.39, 0.29) is 5.91 Å². The van der Waals surface area contributed by atoms with Gasteiger partial charge in [0.2, 0.25) is 0 Å². The molecular formula is C20H20N2OS. The van der Waals surface area contributed by atoms with E-state index in [1.54, 1.807) is 11.3 Å². The number of carbonyl (C=O) groups excluding carboxylic acids is 1. The fourth-order valence-electron chi connectivity index (χ4n) is 3.49. The quantitative estimate of drug-likeness (QED) is 0.680. The molecule has 3 aromatic rings. The van der Waals surface area contributed by atoms with Crippen LogP contribution in [0.1, 0.15) is 41.0 Å². The summed E-state index contributed by atoms with van der Waals surface area (Å²) < 4.78 is 0. The van der Waals surface area contributed by atoms with Gasteiger partial charge in [-0.1, -0.05) is 43.2 Å². The molecule has 0 unspecified atom stereocenters. The van der Waals surface area contributed by atoms with Crippen molar-refractivity contribution in [3.05, 3.63) is 64.5 Å². The number of para-hydroxylation sites is 1. The highest BCUT2D eigenvalue weighted by molar-refractivity contribution is 7.09. The minimum absolute atomic E-state index is 0.0565. The van der Waals surface area contributed by atoms with Gasteiger partial charge in [-0.15, -0.1) is 11.3 Å². The summed E-state index contributed by atoms with van der Waals surface area (Å²) in [7, 11) is 0.